The van der Waals surface area contributed by atoms with Crippen LogP contribution in [0.15, 0.2) is 24.3 Å². The third-order valence-corrected chi connectivity index (χ3v) is 1.06. The molecule has 0 N–H and O–H groups in total. The number of ketones is 1. The zero-order valence-corrected chi connectivity index (χ0v) is 10.8. The Kier molecular flexibility index (Phi) is 60.0. The molecule has 0 unspecified atom stereocenters. The molecular weight excluding hydrogens is 280 g/mol. The molecule has 0 saturated carbocycles. The summed E-state index contributed by atoms with van der Waals surface area (Å²) in [6.45, 7) is 16.8. The maximum Gasteiger partial charge on any atom is 0 e. The summed E-state index contributed by atoms with van der Waals surface area (Å²) < 4.78 is 22.5. The van der Waals surface area contributed by atoms with E-state index in [1.165, 1.54) is 13.0 Å². The second-order valence-corrected chi connectivity index (χ2v) is 1.93. The first kappa shape index (κ1) is 29.9. The third-order valence-electron chi connectivity index (χ3n) is 1.06. The molecule has 0 aromatic rings. The van der Waals surface area contributed by atoms with Crippen molar-refractivity contribution >= 4 is 11.5 Å². The van der Waals surface area contributed by atoms with Crippen molar-refractivity contribution in [2.45, 2.75) is 13.8 Å². The summed E-state index contributed by atoms with van der Waals surface area (Å²) in [7, 11) is 0. The van der Waals surface area contributed by atoms with Gasteiger partial charge >= 0.3 is 39.6 Å². The Morgan fingerprint density at radius 3 is 1.78 bits per heavy atom. The van der Waals surface area contributed by atoms with Gasteiger partial charge in [-0.3, -0.25) is 4.79 Å². The van der Waals surface area contributed by atoms with Gasteiger partial charge in [0.1, 0.15) is 0 Å². The first-order chi connectivity index (χ1) is 8.22. The summed E-state index contributed by atoms with van der Waals surface area (Å²) in [5.74, 6) is -0.286. The first-order valence-electron chi connectivity index (χ1n) is 3.86. The van der Waals surface area contributed by atoms with Crippen LogP contribution in [-0.2, 0) is 35.8 Å². The van der Waals surface area contributed by atoms with Crippen molar-refractivity contribution in [3.8, 4) is 0 Å². The molecule has 0 amide bonds. The monoisotopic (exact) mass is 290 g/mol. The van der Waals surface area contributed by atoms with Gasteiger partial charge < -0.3 is 5.53 Å². The fraction of sp³-hybridized carbons (Fsp3) is 0.182. The molecule has 0 atom stereocenters. The molecule has 0 aliphatic carbocycles. The molecule has 0 radical (unpaired) electrons. The number of hydrogen-bond donors (Lipinski definition) is 0. The second kappa shape index (κ2) is 36.2. The Balaban J connectivity index is -0.0000000700. The van der Waals surface area contributed by atoms with E-state index in [1.807, 2.05) is 6.92 Å². The van der Waals surface area contributed by atoms with Gasteiger partial charge in [-0.15, -0.1) is 0 Å². The number of carbonyl (C=O) groups is 1. The van der Waals surface area contributed by atoms with Crippen LogP contribution in [0.5, 0.6) is 0 Å². The fourth-order valence-corrected chi connectivity index (χ4v) is 0.424. The van der Waals surface area contributed by atoms with Crippen LogP contribution >= 0.6 is 0 Å². The molecule has 7 heteroatoms. The van der Waals surface area contributed by atoms with E-state index in [0.29, 0.717) is 0 Å². The predicted octanol–water partition coefficient (Wildman–Crippen LogP) is 1.26. The van der Waals surface area contributed by atoms with Gasteiger partial charge in [-0.2, -0.15) is 4.79 Å². The predicted molar refractivity (Wildman–Crippen MR) is 55.0 cm³/mol. The summed E-state index contributed by atoms with van der Waals surface area (Å²) in [5, 5.41) is 0. The van der Waals surface area contributed by atoms with E-state index in [9.17, 15) is 4.79 Å². The maximum absolute atomic E-state index is 10.8. The van der Waals surface area contributed by atoms with E-state index in [0.717, 1.165) is 0 Å². The Morgan fingerprint density at radius 1 is 1.11 bits per heavy atom. The SMILES string of the molecule is C/C=C/C=C/C(=O)C(C)=[N+]=[N-].[C-]#[O+].[C-]#[O+].[C-]#[O+].[Fe]. The molecule has 0 saturated heterocycles. The van der Waals surface area contributed by atoms with Crippen molar-refractivity contribution in [2.75, 3.05) is 0 Å². The zero-order chi connectivity index (χ0) is 14.7. The third kappa shape index (κ3) is 29.2. The molecule has 6 nitrogen and oxygen atoms in total. The van der Waals surface area contributed by atoms with Crippen LogP contribution in [0.25, 0.3) is 5.53 Å². The number of nitrogens with zero attached hydrogens (tertiary/aromatic N) is 2. The summed E-state index contributed by atoms with van der Waals surface area (Å²) in [5.41, 5.74) is 8.27. The van der Waals surface area contributed by atoms with Crippen LogP contribution < -0.4 is 0 Å². The minimum atomic E-state index is -0.286. The van der Waals surface area contributed by atoms with Gasteiger partial charge in [0, 0.05) is 24.0 Å². The molecule has 96 valence electrons. The average Bonchev–Trinajstić information content (AvgIpc) is 2.44. The minimum absolute atomic E-state index is 0. The van der Waals surface area contributed by atoms with Gasteiger partial charge in [-0.1, -0.05) is 18.2 Å². The van der Waals surface area contributed by atoms with Gasteiger partial charge in [0.2, 0.25) is 0 Å². The van der Waals surface area contributed by atoms with Crippen LogP contribution in [0.4, 0.5) is 0 Å². The smallest absolute Gasteiger partial charge is 0 e. The van der Waals surface area contributed by atoms with E-state index in [-0.39, 0.29) is 28.6 Å². The Labute approximate surface area is 116 Å². The topological polar surface area (TPSA) is 113 Å². The van der Waals surface area contributed by atoms with Gasteiger partial charge in [-0.25, -0.2) is 0 Å². The van der Waals surface area contributed by atoms with E-state index < -0.39 is 0 Å². The number of carbonyl (C=O) groups excluding carboxylic acids is 1. The van der Waals surface area contributed by atoms with Crippen LogP contribution in [0.3, 0.4) is 0 Å². The summed E-state index contributed by atoms with van der Waals surface area (Å²) in [6, 6.07) is 0. The van der Waals surface area contributed by atoms with E-state index in [4.69, 9.17) is 19.5 Å². The Morgan fingerprint density at radius 2 is 1.50 bits per heavy atom. The van der Waals surface area contributed by atoms with E-state index >= 15 is 0 Å². The van der Waals surface area contributed by atoms with Crippen molar-refractivity contribution in [3.05, 3.63) is 49.8 Å². The second-order valence-electron chi connectivity index (χ2n) is 1.93. The van der Waals surface area contributed by atoms with Crippen LogP contribution in [-0.4, -0.2) is 16.3 Å². The molecular formula is C11H10FeN2O4. The van der Waals surface area contributed by atoms with Crippen LogP contribution in [0.2, 0.25) is 0 Å². The fourth-order valence-electron chi connectivity index (χ4n) is 0.424. The number of hydrogen-bond acceptors (Lipinski definition) is 1. The standard InChI is InChI=1S/C8H10N2O.3CO.Fe/c1-3-4-5-6-8(11)7(2)10-9;3*1-2;/h3-6H,1-2H3;;;;/b4-3+,6-5+;;;;. The van der Waals surface area contributed by atoms with Crippen molar-refractivity contribution in [1.82, 2.24) is 0 Å². The normalized spacial score (nSPS) is 6.67. The molecule has 0 aliphatic rings. The van der Waals surface area contributed by atoms with Crippen molar-refractivity contribution in [1.29, 1.82) is 0 Å². The maximum atomic E-state index is 10.8. The molecule has 0 rings (SSSR count). The Bertz CT molecular complexity index is 347. The molecule has 0 aromatic carbocycles. The van der Waals surface area contributed by atoms with Gasteiger partial charge in [-0.05, 0) is 13.0 Å². The van der Waals surface area contributed by atoms with E-state index in [1.54, 1.807) is 18.2 Å². The number of rotatable bonds is 3. The molecule has 0 aliphatic heterocycles. The van der Waals surface area contributed by atoms with Crippen LogP contribution in [0, 0.1) is 20.0 Å². The van der Waals surface area contributed by atoms with Gasteiger partial charge in [0.15, 0.2) is 0 Å². The van der Waals surface area contributed by atoms with Crippen molar-refractivity contribution < 1.29 is 40.6 Å². The summed E-state index contributed by atoms with van der Waals surface area (Å²) in [4.78, 5) is 13.6. The van der Waals surface area contributed by atoms with E-state index in [2.05, 4.69) is 24.7 Å². The average molecular weight is 290 g/mol. The van der Waals surface area contributed by atoms with Crippen molar-refractivity contribution in [2.24, 2.45) is 0 Å². The minimum Gasteiger partial charge on any atom is 0 e. The molecule has 18 heavy (non-hydrogen) atoms. The Hall–Kier alpha value is -1.73. The van der Waals surface area contributed by atoms with Crippen LogP contribution in [0.1, 0.15) is 13.8 Å². The van der Waals surface area contributed by atoms with Crippen molar-refractivity contribution in [3.63, 3.8) is 0 Å². The van der Waals surface area contributed by atoms with Gasteiger partial charge in [0.25, 0.3) is 5.78 Å². The number of allylic oxidation sites excluding steroid dienone is 4. The molecule has 0 fully saturated rings. The summed E-state index contributed by atoms with van der Waals surface area (Å²) >= 11 is 0. The molecule has 0 heterocycles. The zero-order valence-electron chi connectivity index (χ0n) is 9.69. The summed E-state index contributed by atoms with van der Waals surface area (Å²) in [6.07, 6.45) is 6.46. The molecule has 0 bridgehead atoms. The largest absolute Gasteiger partial charge is 0 e. The quantitative estimate of drug-likeness (QED) is 0.112. The van der Waals surface area contributed by atoms with Gasteiger partial charge in [0.05, 0.1) is 0 Å². The molecule has 0 spiro atoms. The first-order valence-corrected chi connectivity index (χ1v) is 3.86. The molecule has 0 aromatic heterocycles.